The van der Waals surface area contributed by atoms with E-state index in [4.69, 9.17) is 12.2 Å². The molecule has 10 heteroatoms. The fourth-order valence-corrected chi connectivity index (χ4v) is 4.02. The molecule has 0 radical (unpaired) electrons. The first kappa shape index (κ1) is 24.5. The van der Waals surface area contributed by atoms with Gasteiger partial charge in [0.2, 0.25) is 0 Å². The first-order valence-electron chi connectivity index (χ1n) is 11.0. The lowest BCUT2D eigenvalue weighted by molar-refractivity contribution is -0.137. The van der Waals surface area contributed by atoms with Gasteiger partial charge >= 0.3 is 6.18 Å². The highest BCUT2D eigenvalue weighted by Crippen LogP contribution is 2.30. The SMILES string of the molecule is Cc1ccccc1Cn1cc(NC(=S)Nc2c(C)nn(Cc3cccc(C(F)(F)F)c3)c2C)cn1. The van der Waals surface area contributed by atoms with Gasteiger partial charge in [-0.15, -0.1) is 0 Å². The van der Waals surface area contributed by atoms with Gasteiger partial charge < -0.3 is 10.6 Å². The molecule has 2 N–H and O–H groups in total. The molecular weight excluding hydrogens is 473 g/mol. The molecular formula is C25H25F3N6S. The average molecular weight is 499 g/mol. The van der Waals surface area contributed by atoms with E-state index in [2.05, 4.69) is 39.9 Å². The number of aromatic nitrogens is 4. The number of benzene rings is 2. The summed E-state index contributed by atoms with van der Waals surface area (Å²) in [5, 5.41) is 15.5. The standard InChI is InChI=1S/C25H25F3N6S/c1-16-7-4-5-9-20(16)14-33-15-22(12-29-33)30-24(35)31-23-17(2)32-34(18(23)3)13-19-8-6-10-21(11-19)25(26,27)28/h4-12,15H,13-14H2,1-3H3,(H2,30,31,35). The highest BCUT2D eigenvalue weighted by molar-refractivity contribution is 7.80. The Labute approximate surface area is 206 Å². The Bertz CT molecular complexity index is 1360. The summed E-state index contributed by atoms with van der Waals surface area (Å²) >= 11 is 5.47. The minimum atomic E-state index is -4.39. The van der Waals surface area contributed by atoms with Gasteiger partial charge in [0, 0.05) is 6.20 Å². The van der Waals surface area contributed by atoms with E-state index in [-0.39, 0.29) is 6.54 Å². The van der Waals surface area contributed by atoms with Crippen molar-refractivity contribution in [3.63, 3.8) is 0 Å². The second kappa shape index (κ2) is 9.91. The summed E-state index contributed by atoms with van der Waals surface area (Å²) < 4.78 is 42.6. The van der Waals surface area contributed by atoms with Gasteiger partial charge in [-0.05, 0) is 61.8 Å². The predicted octanol–water partition coefficient (Wildman–Crippen LogP) is 5.93. The van der Waals surface area contributed by atoms with Crippen LogP contribution in [0.5, 0.6) is 0 Å². The van der Waals surface area contributed by atoms with E-state index in [0.717, 1.165) is 23.5 Å². The summed E-state index contributed by atoms with van der Waals surface area (Å²) in [7, 11) is 0. The second-order valence-electron chi connectivity index (χ2n) is 8.33. The molecule has 0 atom stereocenters. The number of rotatable bonds is 6. The molecule has 182 valence electrons. The van der Waals surface area contributed by atoms with Crippen molar-refractivity contribution in [1.82, 2.24) is 19.6 Å². The summed E-state index contributed by atoms with van der Waals surface area (Å²) in [6.07, 6.45) is -0.816. The zero-order valence-electron chi connectivity index (χ0n) is 19.5. The van der Waals surface area contributed by atoms with E-state index in [1.165, 1.54) is 17.2 Å². The maximum atomic E-state index is 13.0. The normalized spacial score (nSPS) is 11.5. The van der Waals surface area contributed by atoms with Gasteiger partial charge in [0.1, 0.15) is 0 Å². The fourth-order valence-electron chi connectivity index (χ4n) is 3.80. The van der Waals surface area contributed by atoms with Crippen LogP contribution in [-0.4, -0.2) is 24.7 Å². The van der Waals surface area contributed by atoms with Crippen LogP contribution < -0.4 is 10.6 Å². The minimum Gasteiger partial charge on any atom is -0.330 e. The van der Waals surface area contributed by atoms with Crippen molar-refractivity contribution < 1.29 is 13.2 Å². The van der Waals surface area contributed by atoms with E-state index < -0.39 is 11.7 Å². The van der Waals surface area contributed by atoms with Crippen LogP contribution in [0, 0.1) is 20.8 Å². The lowest BCUT2D eigenvalue weighted by atomic mass is 10.1. The molecule has 0 bridgehead atoms. The van der Waals surface area contributed by atoms with E-state index in [1.54, 1.807) is 16.9 Å². The van der Waals surface area contributed by atoms with Gasteiger partial charge in [-0.25, -0.2) is 0 Å². The van der Waals surface area contributed by atoms with E-state index in [9.17, 15) is 13.2 Å². The number of aryl methyl sites for hydroxylation is 2. The van der Waals surface area contributed by atoms with Gasteiger partial charge in [0.15, 0.2) is 5.11 Å². The third kappa shape index (κ3) is 5.89. The molecule has 0 aliphatic rings. The lowest BCUT2D eigenvalue weighted by Gasteiger charge is -2.11. The van der Waals surface area contributed by atoms with Gasteiger partial charge in [-0.1, -0.05) is 36.4 Å². The zero-order valence-corrected chi connectivity index (χ0v) is 20.3. The second-order valence-corrected chi connectivity index (χ2v) is 8.74. The molecule has 2 heterocycles. The Morgan fingerprint density at radius 3 is 2.51 bits per heavy atom. The number of alkyl halides is 3. The van der Waals surface area contributed by atoms with Gasteiger partial charge in [-0.3, -0.25) is 9.36 Å². The van der Waals surface area contributed by atoms with Crippen molar-refractivity contribution in [2.45, 2.75) is 40.0 Å². The third-order valence-electron chi connectivity index (χ3n) is 5.69. The maximum Gasteiger partial charge on any atom is 0.416 e. The molecule has 0 saturated heterocycles. The van der Waals surface area contributed by atoms with Crippen LogP contribution in [0.1, 0.15) is 33.6 Å². The average Bonchev–Trinajstić information content (AvgIpc) is 3.34. The number of nitrogens with zero attached hydrogens (tertiary/aromatic N) is 4. The number of anilines is 2. The molecule has 0 saturated carbocycles. The topological polar surface area (TPSA) is 59.7 Å². The van der Waals surface area contributed by atoms with Crippen LogP contribution in [0.2, 0.25) is 0 Å². The number of thiocarbonyl (C=S) groups is 1. The van der Waals surface area contributed by atoms with Crippen LogP contribution in [0.25, 0.3) is 0 Å². The lowest BCUT2D eigenvalue weighted by Crippen LogP contribution is -2.19. The molecule has 0 aliphatic carbocycles. The molecule has 0 spiro atoms. The van der Waals surface area contributed by atoms with Crippen molar-refractivity contribution in [3.05, 3.63) is 94.6 Å². The van der Waals surface area contributed by atoms with Crippen LogP contribution >= 0.6 is 12.2 Å². The summed E-state index contributed by atoms with van der Waals surface area (Å²) in [5.74, 6) is 0. The highest BCUT2D eigenvalue weighted by Gasteiger charge is 2.30. The molecule has 0 aliphatic heterocycles. The number of halogens is 3. The molecule has 2 aromatic carbocycles. The fraction of sp³-hybridized carbons (Fsp3) is 0.240. The Balaban J connectivity index is 1.42. The Morgan fingerprint density at radius 2 is 1.77 bits per heavy atom. The Morgan fingerprint density at radius 1 is 1.00 bits per heavy atom. The van der Waals surface area contributed by atoms with Crippen LogP contribution in [0.4, 0.5) is 24.5 Å². The molecule has 4 rings (SSSR count). The largest absolute Gasteiger partial charge is 0.416 e. The van der Waals surface area contributed by atoms with E-state index in [1.807, 2.05) is 36.9 Å². The van der Waals surface area contributed by atoms with Crippen molar-refractivity contribution in [2.24, 2.45) is 0 Å². The number of hydrogen-bond donors (Lipinski definition) is 2. The number of nitrogens with one attached hydrogen (secondary N) is 2. The van der Waals surface area contributed by atoms with Crippen LogP contribution in [-0.2, 0) is 19.3 Å². The summed E-state index contributed by atoms with van der Waals surface area (Å²) in [6.45, 7) is 6.59. The quantitative estimate of drug-likeness (QED) is 0.323. The van der Waals surface area contributed by atoms with E-state index >= 15 is 0 Å². The minimum absolute atomic E-state index is 0.212. The Kier molecular flexibility index (Phi) is 6.93. The molecule has 0 amide bonds. The molecule has 2 aromatic heterocycles. The smallest absolute Gasteiger partial charge is 0.330 e. The van der Waals surface area contributed by atoms with Gasteiger partial charge in [0.25, 0.3) is 0 Å². The summed E-state index contributed by atoms with van der Waals surface area (Å²) in [6, 6.07) is 13.4. The summed E-state index contributed by atoms with van der Waals surface area (Å²) in [5.41, 5.74) is 5.12. The molecule has 0 fully saturated rings. The molecule has 35 heavy (non-hydrogen) atoms. The Hall–Kier alpha value is -3.66. The van der Waals surface area contributed by atoms with E-state index in [0.29, 0.717) is 28.6 Å². The molecule has 4 aromatic rings. The van der Waals surface area contributed by atoms with Crippen LogP contribution in [0.3, 0.4) is 0 Å². The van der Waals surface area contributed by atoms with Crippen molar-refractivity contribution in [3.8, 4) is 0 Å². The summed E-state index contributed by atoms with van der Waals surface area (Å²) in [4.78, 5) is 0. The monoisotopic (exact) mass is 498 g/mol. The molecule has 0 unspecified atom stereocenters. The zero-order chi connectivity index (χ0) is 25.2. The van der Waals surface area contributed by atoms with Crippen molar-refractivity contribution >= 4 is 28.7 Å². The molecule has 6 nitrogen and oxygen atoms in total. The first-order valence-corrected chi connectivity index (χ1v) is 11.4. The number of hydrogen-bond acceptors (Lipinski definition) is 3. The first-order chi connectivity index (χ1) is 16.6. The van der Waals surface area contributed by atoms with Crippen molar-refractivity contribution in [2.75, 3.05) is 10.6 Å². The van der Waals surface area contributed by atoms with Crippen molar-refractivity contribution in [1.29, 1.82) is 0 Å². The van der Waals surface area contributed by atoms with Crippen LogP contribution in [0.15, 0.2) is 60.9 Å². The highest BCUT2D eigenvalue weighted by atomic mass is 32.1. The third-order valence-corrected chi connectivity index (χ3v) is 5.90. The predicted molar refractivity (Wildman–Crippen MR) is 135 cm³/mol. The van der Waals surface area contributed by atoms with Gasteiger partial charge in [-0.2, -0.15) is 23.4 Å². The maximum absolute atomic E-state index is 13.0. The van der Waals surface area contributed by atoms with Gasteiger partial charge in [0.05, 0.1) is 47.6 Å².